The Labute approximate surface area is 253 Å². The Morgan fingerprint density at radius 3 is 2.27 bits per heavy atom. The molecule has 2 saturated heterocycles. The van der Waals surface area contributed by atoms with Crippen LogP contribution >= 0.6 is 0 Å². The summed E-state index contributed by atoms with van der Waals surface area (Å²) in [4.78, 5) is 21.6. The lowest BCUT2D eigenvalue weighted by Gasteiger charge is -2.35. The van der Waals surface area contributed by atoms with E-state index in [1.165, 1.54) is 5.56 Å². The van der Waals surface area contributed by atoms with Crippen molar-refractivity contribution in [2.45, 2.75) is 44.2 Å². The fraction of sp³-hybridized carbons (Fsp3) is 0.484. The van der Waals surface area contributed by atoms with E-state index in [4.69, 9.17) is 0 Å². The molecule has 6 rings (SSSR count). The zero-order valence-electron chi connectivity index (χ0n) is 24.4. The van der Waals surface area contributed by atoms with Gasteiger partial charge in [-0.2, -0.15) is 27.9 Å². The van der Waals surface area contributed by atoms with Gasteiger partial charge in [-0.05, 0) is 55.0 Å². The van der Waals surface area contributed by atoms with Crippen LogP contribution in [0.2, 0.25) is 0 Å². The van der Waals surface area contributed by atoms with Gasteiger partial charge in [0.1, 0.15) is 11.7 Å². The number of hydrogen-bond donors (Lipinski definition) is 0. The highest BCUT2D eigenvalue weighted by atomic mass is 19.4. The Bertz CT molecular complexity index is 1520. The number of rotatable bonds is 6. The van der Waals surface area contributed by atoms with Gasteiger partial charge in [0.15, 0.2) is 5.82 Å². The molecular formula is C31H34F3N9O. The molecule has 0 spiro atoms. The third kappa shape index (κ3) is 6.91. The quantitative estimate of drug-likeness (QED) is 0.234. The van der Waals surface area contributed by atoms with E-state index >= 15 is 0 Å². The Balaban J connectivity index is 0.997. The summed E-state index contributed by atoms with van der Waals surface area (Å²) in [5, 5.41) is 14.2. The molecule has 0 radical (unpaired) electrons. The van der Waals surface area contributed by atoms with E-state index in [0.29, 0.717) is 31.1 Å². The van der Waals surface area contributed by atoms with Crippen LogP contribution in [0.1, 0.15) is 59.9 Å². The predicted molar refractivity (Wildman–Crippen MR) is 160 cm³/mol. The van der Waals surface area contributed by atoms with Crippen LogP contribution in [0.25, 0.3) is 0 Å². The molecule has 1 aromatic carbocycles. The van der Waals surface area contributed by atoms with E-state index in [9.17, 15) is 18.1 Å². The van der Waals surface area contributed by atoms with E-state index in [1.54, 1.807) is 0 Å². The van der Waals surface area contributed by atoms with Gasteiger partial charge in [0, 0.05) is 76.0 Å². The lowest BCUT2D eigenvalue weighted by atomic mass is 9.89. The van der Waals surface area contributed by atoms with Crippen LogP contribution in [0.15, 0.2) is 52.9 Å². The van der Waals surface area contributed by atoms with Gasteiger partial charge in [0.25, 0.3) is 5.82 Å². The minimum atomic E-state index is -4.59. The summed E-state index contributed by atoms with van der Waals surface area (Å²) in [6, 6.07) is 12.3. The van der Waals surface area contributed by atoms with Gasteiger partial charge in [-0.1, -0.05) is 29.2 Å². The molecule has 13 heteroatoms. The molecule has 3 aliphatic rings. The van der Waals surface area contributed by atoms with Crippen LogP contribution in [-0.2, 0) is 12.6 Å². The van der Waals surface area contributed by atoms with Gasteiger partial charge < -0.3 is 9.80 Å². The van der Waals surface area contributed by atoms with E-state index in [1.807, 2.05) is 30.5 Å². The number of fused-ring (bicyclic) bond motifs is 1. The fourth-order valence-corrected chi connectivity index (χ4v) is 6.02. The minimum Gasteiger partial charge on any atom is -0.359 e. The Kier molecular flexibility index (Phi) is 8.88. The average Bonchev–Trinajstić information content (AvgIpc) is 3.49. The molecule has 0 amide bonds. The number of nitroso groups, excluding NO2 is 1. The van der Waals surface area contributed by atoms with Gasteiger partial charge in [0.05, 0.1) is 6.54 Å². The number of benzene rings is 1. The van der Waals surface area contributed by atoms with Crippen molar-refractivity contribution >= 4 is 11.7 Å². The maximum Gasteiger partial charge on any atom is 0.453 e. The van der Waals surface area contributed by atoms with Crippen molar-refractivity contribution in [1.29, 1.82) is 0 Å². The molecule has 3 aromatic rings. The maximum atomic E-state index is 13.3. The molecule has 0 atom stereocenters. The highest BCUT2D eigenvalue weighted by molar-refractivity contribution is 5.83. The zero-order valence-corrected chi connectivity index (χ0v) is 24.4. The molecule has 0 unspecified atom stereocenters. The smallest absolute Gasteiger partial charge is 0.359 e. The van der Waals surface area contributed by atoms with Crippen molar-refractivity contribution in [3.8, 4) is 11.8 Å². The highest BCUT2D eigenvalue weighted by Crippen LogP contribution is 2.32. The molecule has 0 N–H and O–H groups in total. The lowest BCUT2D eigenvalue weighted by Crippen LogP contribution is -2.47. The molecule has 2 fully saturated rings. The lowest BCUT2D eigenvalue weighted by molar-refractivity contribution is -0.147. The van der Waals surface area contributed by atoms with Crippen LogP contribution in [0, 0.1) is 16.7 Å². The third-order valence-electron chi connectivity index (χ3n) is 8.51. The maximum absolute atomic E-state index is 13.3. The highest BCUT2D eigenvalue weighted by Gasteiger charge is 2.40. The molecule has 230 valence electrons. The average molecular weight is 606 g/mol. The molecule has 5 heterocycles. The number of anilines is 1. The van der Waals surface area contributed by atoms with Crippen molar-refractivity contribution in [1.82, 2.24) is 29.7 Å². The first-order valence-electron chi connectivity index (χ1n) is 15.1. The molecule has 44 heavy (non-hydrogen) atoms. The second-order valence-electron chi connectivity index (χ2n) is 11.3. The van der Waals surface area contributed by atoms with Crippen molar-refractivity contribution in [2.75, 3.05) is 57.3 Å². The van der Waals surface area contributed by atoms with Crippen LogP contribution in [0.4, 0.5) is 19.0 Å². The van der Waals surface area contributed by atoms with Crippen LogP contribution < -0.4 is 4.90 Å². The first-order chi connectivity index (χ1) is 21.4. The second kappa shape index (κ2) is 13.1. The number of halogens is 3. The van der Waals surface area contributed by atoms with Crippen molar-refractivity contribution in [3.05, 3.63) is 75.8 Å². The number of aryl methyl sites for hydroxylation is 1. The van der Waals surface area contributed by atoms with Crippen LogP contribution in [0.5, 0.6) is 0 Å². The van der Waals surface area contributed by atoms with Gasteiger partial charge in [-0.15, -0.1) is 10.2 Å². The van der Waals surface area contributed by atoms with Crippen LogP contribution in [-0.4, -0.2) is 87.9 Å². The second-order valence-corrected chi connectivity index (χ2v) is 11.3. The summed E-state index contributed by atoms with van der Waals surface area (Å²) in [7, 11) is 0. The normalized spacial score (nSPS) is 17.9. The number of likely N-dealkylation sites (tertiary alicyclic amines) is 1. The molecule has 10 nitrogen and oxygen atoms in total. The van der Waals surface area contributed by atoms with E-state index in [-0.39, 0.29) is 5.82 Å². The summed E-state index contributed by atoms with van der Waals surface area (Å²) >= 11 is 0. The number of amidine groups is 1. The zero-order chi connectivity index (χ0) is 30.5. The first-order valence-corrected chi connectivity index (χ1v) is 15.1. The fourth-order valence-electron chi connectivity index (χ4n) is 6.02. The SMILES string of the molecule is O=NCCCN1CCN(c2ccc(C#Cc3ccc(C4CCN(C5=Nn6c(nnc6C(F)(F)F)CC5)CC4)cc3)cn2)CC1. The molecular weight excluding hydrogens is 571 g/mol. The molecule has 0 bridgehead atoms. The molecule has 0 saturated carbocycles. The van der Waals surface area contributed by atoms with Crippen molar-refractivity contribution < 1.29 is 13.2 Å². The molecule has 0 aliphatic carbocycles. The number of hydrogen-bond acceptors (Lipinski definition) is 9. The first kappa shape index (κ1) is 29.7. The van der Waals surface area contributed by atoms with Crippen molar-refractivity contribution in [3.63, 3.8) is 0 Å². The molecule has 3 aliphatic heterocycles. The van der Waals surface area contributed by atoms with Gasteiger partial charge >= 0.3 is 6.18 Å². The number of nitrogens with zero attached hydrogens (tertiary/aromatic N) is 9. The monoisotopic (exact) mass is 605 g/mol. The molecule has 2 aromatic heterocycles. The summed E-state index contributed by atoms with van der Waals surface area (Å²) < 4.78 is 40.7. The predicted octanol–water partition coefficient (Wildman–Crippen LogP) is 4.36. The summed E-state index contributed by atoms with van der Waals surface area (Å²) in [5.41, 5.74) is 3.03. The van der Waals surface area contributed by atoms with E-state index < -0.39 is 12.0 Å². The Morgan fingerprint density at radius 2 is 1.59 bits per heavy atom. The Morgan fingerprint density at radius 1 is 0.864 bits per heavy atom. The number of pyridine rings is 1. The third-order valence-corrected chi connectivity index (χ3v) is 8.51. The summed E-state index contributed by atoms with van der Waals surface area (Å²) in [5.74, 6) is 7.62. The van der Waals surface area contributed by atoms with Gasteiger partial charge in [-0.3, -0.25) is 4.90 Å². The largest absolute Gasteiger partial charge is 0.453 e. The summed E-state index contributed by atoms with van der Waals surface area (Å²) in [6.45, 7) is 6.46. The minimum absolute atomic E-state index is 0.250. The van der Waals surface area contributed by atoms with E-state index in [2.05, 4.69) is 64.1 Å². The topological polar surface area (TPSA) is 95.1 Å². The van der Waals surface area contributed by atoms with Crippen molar-refractivity contribution in [2.24, 2.45) is 10.3 Å². The number of piperazine rings is 1. The summed E-state index contributed by atoms with van der Waals surface area (Å²) in [6.07, 6.45) is 0.790. The van der Waals surface area contributed by atoms with Crippen LogP contribution in [0.3, 0.4) is 0 Å². The number of alkyl halides is 3. The number of piperidine rings is 1. The van der Waals surface area contributed by atoms with Gasteiger partial charge in [-0.25, -0.2) is 4.98 Å². The van der Waals surface area contributed by atoms with Gasteiger partial charge in [0.2, 0.25) is 0 Å². The Hall–Kier alpha value is -4.31. The van der Waals surface area contributed by atoms with E-state index in [0.717, 1.165) is 86.7 Å². The number of aromatic nitrogens is 4. The standard InChI is InChI=1S/C31H34F3N9O/c32-31(33,34)30-38-37-28-10-11-29(39-43(28)30)41-16-12-26(13-17-41)25-7-4-23(5-8-25)2-3-24-6-9-27(35-22-24)42-20-18-40(19-21-42)15-1-14-36-44/h4-9,22,26H,1,10-21H2.